The number of likely N-dealkylation sites (N-methyl/N-ethyl adjacent to an activating group) is 1. The van der Waals surface area contributed by atoms with Crippen LogP contribution in [0.3, 0.4) is 0 Å². The smallest absolute Gasteiger partial charge is 0.0198 e. The molecular weight excluding hydrogens is 220 g/mol. The molecule has 0 aromatic rings. The molecule has 104 valence electrons. The third kappa shape index (κ3) is 2.75. The normalized spacial score (nSPS) is 31.3. The van der Waals surface area contributed by atoms with Crippen molar-refractivity contribution in [2.45, 2.75) is 70.4 Å². The lowest BCUT2D eigenvalue weighted by atomic mass is 9.68. The molecule has 1 aliphatic heterocycles. The number of hydrogen-bond donors (Lipinski definition) is 1. The summed E-state index contributed by atoms with van der Waals surface area (Å²) in [6.45, 7) is 6.16. The van der Waals surface area contributed by atoms with Crippen LogP contribution in [0.4, 0.5) is 0 Å². The van der Waals surface area contributed by atoms with Gasteiger partial charge in [-0.15, -0.1) is 0 Å². The summed E-state index contributed by atoms with van der Waals surface area (Å²) in [5, 5.41) is 4.08. The van der Waals surface area contributed by atoms with Crippen LogP contribution < -0.4 is 5.32 Å². The van der Waals surface area contributed by atoms with Gasteiger partial charge in [-0.25, -0.2) is 0 Å². The molecule has 0 amide bonds. The van der Waals surface area contributed by atoms with E-state index in [9.17, 15) is 0 Å². The van der Waals surface area contributed by atoms with Gasteiger partial charge in [0.05, 0.1) is 0 Å². The van der Waals surface area contributed by atoms with Gasteiger partial charge in [-0.05, 0) is 63.5 Å². The van der Waals surface area contributed by atoms with E-state index >= 15 is 0 Å². The topological polar surface area (TPSA) is 15.3 Å². The maximum atomic E-state index is 4.08. The fraction of sp³-hybridized carbons (Fsp3) is 1.00. The van der Waals surface area contributed by atoms with Crippen LogP contribution in [0.1, 0.15) is 58.3 Å². The monoisotopic (exact) mass is 250 g/mol. The maximum absolute atomic E-state index is 4.08. The van der Waals surface area contributed by atoms with Gasteiger partial charge in [0.15, 0.2) is 0 Å². The summed E-state index contributed by atoms with van der Waals surface area (Å²) in [5.74, 6) is 2.04. The summed E-state index contributed by atoms with van der Waals surface area (Å²) in [6.07, 6.45) is 11.8. The second-order valence-electron chi connectivity index (χ2n) is 6.81. The molecule has 0 radical (unpaired) electrons. The van der Waals surface area contributed by atoms with Gasteiger partial charge in [0.25, 0.3) is 0 Å². The highest BCUT2D eigenvalue weighted by atomic mass is 15.2. The Bertz CT molecular complexity index is 244. The predicted octanol–water partition coefficient (Wildman–Crippen LogP) is 3.03. The van der Waals surface area contributed by atoms with E-state index in [1.807, 2.05) is 0 Å². The van der Waals surface area contributed by atoms with Crippen LogP contribution in [-0.2, 0) is 0 Å². The first kappa shape index (κ1) is 12.9. The zero-order valence-electron chi connectivity index (χ0n) is 12.0. The standard InChI is InChI=1S/C16H30N2/c1-2-18-11-5-10-15(12-18)17-16(13-6-3-7-13)14-8-4-9-14/h13-17H,2-12H2,1H3. The third-order valence-electron chi connectivity index (χ3n) is 5.70. The van der Waals surface area contributed by atoms with Gasteiger partial charge >= 0.3 is 0 Å². The highest BCUT2D eigenvalue weighted by Gasteiger charge is 2.37. The van der Waals surface area contributed by atoms with Gasteiger partial charge in [0, 0.05) is 18.6 Å². The first-order valence-electron chi connectivity index (χ1n) is 8.35. The highest BCUT2D eigenvalue weighted by molar-refractivity contribution is 4.94. The van der Waals surface area contributed by atoms with Crippen molar-refractivity contribution in [3.8, 4) is 0 Å². The Labute approximate surface area is 113 Å². The number of nitrogens with zero attached hydrogens (tertiary/aromatic N) is 1. The lowest BCUT2D eigenvalue weighted by Crippen LogP contribution is -2.55. The Morgan fingerprint density at radius 1 is 1.00 bits per heavy atom. The highest BCUT2D eigenvalue weighted by Crippen LogP contribution is 2.40. The average Bonchev–Trinajstić information content (AvgIpc) is 2.24. The van der Waals surface area contributed by atoms with Crippen molar-refractivity contribution in [1.82, 2.24) is 10.2 Å². The van der Waals surface area contributed by atoms with Gasteiger partial charge in [-0.1, -0.05) is 19.8 Å². The molecule has 3 fully saturated rings. The Morgan fingerprint density at radius 3 is 2.17 bits per heavy atom. The molecule has 2 heteroatoms. The van der Waals surface area contributed by atoms with Crippen molar-refractivity contribution in [3.63, 3.8) is 0 Å². The van der Waals surface area contributed by atoms with E-state index in [4.69, 9.17) is 0 Å². The van der Waals surface area contributed by atoms with E-state index in [1.165, 1.54) is 71.0 Å². The lowest BCUT2D eigenvalue weighted by molar-refractivity contribution is 0.0941. The van der Waals surface area contributed by atoms with Crippen LogP contribution in [0.15, 0.2) is 0 Å². The van der Waals surface area contributed by atoms with Crippen LogP contribution in [-0.4, -0.2) is 36.6 Å². The Balaban J connectivity index is 1.54. The van der Waals surface area contributed by atoms with E-state index in [-0.39, 0.29) is 0 Å². The van der Waals surface area contributed by atoms with Crippen LogP contribution in [0, 0.1) is 11.8 Å². The SMILES string of the molecule is CCN1CCCC(NC(C2CCC2)C2CCC2)C1. The number of rotatable bonds is 5. The van der Waals surface area contributed by atoms with Crippen LogP contribution >= 0.6 is 0 Å². The molecule has 0 spiro atoms. The van der Waals surface area contributed by atoms with E-state index in [0.717, 1.165) is 23.9 Å². The van der Waals surface area contributed by atoms with Gasteiger partial charge < -0.3 is 10.2 Å². The Kier molecular flexibility index (Phi) is 4.25. The molecule has 18 heavy (non-hydrogen) atoms. The molecule has 1 unspecified atom stereocenters. The number of nitrogens with one attached hydrogen (secondary N) is 1. The van der Waals surface area contributed by atoms with Crippen molar-refractivity contribution in [1.29, 1.82) is 0 Å². The fourth-order valence-electron chi connectivity index (χ4n) is 4.01. The molecule has 3 rings (SSSR count). The second-order valence-corrected chi connectivity index (χ2v) is 6.81. The number of piperidine rings is 1. The van der Waals surface area contributed by atoms with E-state index in [1.54, 1.807) is 0 Å². The molecule has 0 aromatic carbocycles. The quantitative estimate of drug-likeness (QED) is 0.807. The lowest BCUT2D eigenvalue weighted by Gasteiger charge is -2.46. The summed E-state index contributed by atoms with van der Waals surface area (Å²) < 4.78 is 0. The van der Waals surface area contributed by atoms with Crippen molar-refractivity contribution in [2.75, 3.05) is 19.6 Å². The molecule has 1 atom stereocenters. The molecular formula is C16H30N2. The molecule has 0 aromatic heterocycles. The molecule has 1 N–H and O–H groups in total. The first-order chi connectivity index (χ1) is 8.86. The maximum Gasteiger partial charge on any atom is 0.0198 e. The Morgan fingerprint density at radius 2 is 1.67 bits per heavy atom. The van der Waals surface area contributed by atoms with E-state index in [0.29, 0.717) is 0 Å². The van der Waals surface area contributed by atoms with Gasteiger partial charge in [-0.2, -0.15) is 0 Å². The first-order valence-corrected chi connectivity index (χ1v) is 8.35. The third-order valence-corrected chi connectivity index (χ3v) is 5.70. The predicted molar refractivity (Wildman–Crippen MR) is 76.7 cm³/mol. The van der Waals surface area contributed by atoms with Crippen molar-refractivity contribution in [2.24, 2.45) is 11.8 Å². The van der Waals surface area contributed by atoms with Gasteiger partial charge in [-0.3, -0.25) is 0 Å². The summed E-state index contributed by atoms with van der Waals surface area (Å²) in [7, 11) is 0. The summed E-state index contributed by atoms with van der Waals surface area (Å²) in [5.41, 5.74) is 0. The molecule has 2 nitrogen and oxygen atoms in total. The molecule has 2 saturated carbocycles. The molecule has 3 aliphatic rings. The largest absolute Gasteiger partial charge is 0.309 e. The fourth-order valence-corrected chi connectivity index (χ4v) is 4.01. The van der Waals surface area contributed by atoms with Gasteiger partial charge in [0.2, 0.25) is 0 Å². The summed E-state index contributed by atoms with van der Waals surface area (Å²) >= 11 is 0. The van der Waals surface area contributed by atoms with Crippen LogP contribution in [0.5, 0.6) is 0 Å². The van der Waals surface area contributed by atoms with Crippen molar-refractivity contribution >= 4 is 0 Å². The van der Waals surface area contributed by atoms with E-state index < -0.39 is 0 Å². The molecule has 1 saturated heterocycles. The molecule has 1 heterocycles. The van der Waals surface area contributed by atoms with Gasteiger partial charge in [0.1, 0.15) is 0 Å². The van der Waals surface area contributed by atoms with E-state index in [2.05, 4.69) is 17.1 Å². The number of likely N-dealkylation sites (tertiary alicyclic amines) is 1. The minimum Gasteiger partial charge on any atom is -0.309 e. The zero-order chi connectivity index (χ0) is 12.4. The minimum absolute atomic E-state index is 0.782. The zero-order valence-corrected chi connectivity index (χ0v) is 12.0. The summed E-state index contributed by atoms with van der Waals surface area (Å²) in [4.78, 5) is 2.62. The van der Waals surface area contributed by atoms with Crippen molar-refractivity contribution in [3.05, 3.63) is 0 Å². The van der Waals surface area contributed by atoms with Crippen LogP contribution in [0.25, 0.3) is 0 Å². The van der Waals surface area contributed by atoms with Crippen LogP contribution in [0.2, 0.25) is 0 Å². The molecule has 2 aliphatic carbocycles. The summed E-state index contributed by atoms with van der Waals surface area (Å²) in [6, 6.07) is 1.65. The molecule has 0 bridgehead atoms. The average molecular weight is 250 g/mol. The van der Waals surface area contributed by atoms with Crippen molar-refractivity contribution < 1.29 is 0 Å². The number of hydrogen-bond acceptors (Lipinski definition) is 2. The minimum atomic E-state index is 0.782. The Hall–Kier alpha value is -0.0800. The second kappa shape index (κ2) is 5.92.